The zero-order chi connectivity index (χ0) is 11.4. The first-order valence-electron chi connectivity index (χ1n) is 5.28. The maximum absolute atomic E-state index is 11.8. The van der Waals surface area contributed by atoms with Gasteiger partial charge in [0.2, 0.25) is 0 Å². The van der Waals surface area contributed by atoms with Crippen molar-refractivity contribution in [3.8, 4) is 0 Å². The predicted molar refractivity (Wildman–Crippen MR) is 61.0 cm³/mol. The topological polar surface area (TPSA) is 60.2 Å². The van der Waals surface area contributed by atoms with Crippen LogP contribution in [0.1, 0.15) is 40.5 Å². The summed E-state index contributed by atoms with van der Waals surface area (Å²) in [5.74, 6) is 0.689. The fourth-order valence-electron chi connectivity index (χ4n) is 1.18. The molecule has 0 radical (unpaired) electrons. The van der Waals surface area contributed by atoms with Crippen molar-refractivity contribution in [2.24, 2.45) is 11.7 Å². The number of hydrogen-bond acceptors (Lipinski definition) is 3. The Morgan fingerprint density at radius 3 is 2.07 bits per heavy atom. The van der Waals surface area contributed by atoms with E-state index in [0.29, 0.717) is 12.3 Å². The summed E-state index contributed by atoms with van der Waals surface area (Å²) in [4.78, 5) is 0. The summed E-state index contributed by atoms with van der Waals surface area (Å²) in [6.45, 7) is 7.68. The number of rotatable bonds is 6. The van der Waals surface area contributed by atoms with E-state index in [0.717, 1.165) is 6.42 Å². The Morgan fingerprint density at radius 1 is 1.21 bits per heavy atom. The van der Waals surface area contributed by atoms with Crippen LogP contribution in [0.15, 0.2) is 0 Å². The molecule has 2 atom stereocenters. The van der Waals surface area contributed by atoms with Crippen LogP contribution in [-0.2, 0) is 9.84 Å². The van der Waals surface area contributed by atoms with Gasteiger partial charge in [0.15, 0.2) is 9.84 Å². The minimum atomic E-state index is -2.99. The van der Waals surface area contributed by atoms with E-state index < -0.39 is 15.1 Å². The smallest absolute Gasteiger partial charge is 0.154 e. The fraction of sp³-hybridized carbons (Fsp3) is 1.00. The maximum Gasteiger partial charge on any atom is 0.154 e. The van der Waals surface area contributed by atoms with Crippen LogP contribution < -0.4 is 5.73 Å². The van der Waals surface area contributed by atoms with Gasteiger partial charge in [0.05, 0.1) is 11.0 Å². The van der Waals surface area contributed by atoms with Crippen molar-refractivity contribution in [1.29, 1.82) is 0 Å². The lowest BCUT2D eigenvalue weighted by atomic mass is 10.2. The molecule has 0 spiro atoms. The van der Waals surface area contributed by atoms with Gasteiger partial charge >= 0.3 is 0 Å². The highest BCUT2D eigenvalue weighted by Crippen LogP contribution is 2.12. The SMILES string of the molecule is CCC(N)C(C)S(=O)(=O)CCC(C)C. The van der Waals surface area contributed by atoms with E-state index in [2.05, 4.69) is 0 Å². The molecule has 86 valence electrons. The third kappa shape index (κ3) is 4.42. The molecule has 0 aromatic rings. The first-order valence-corrected chi connectivity index (χ1v) is 7.00. The lowest BCUT2D eigenvalue weighted by Gasteiger charge is -2.19. The maximum atomic E-state index is 11.8. The van der Waals surface area contributed by atoms with Gasteiger partial charge in [-0.2, -0.15) is 0 Å². The van der Waals surface area contributed by atoms with Crippen LogP contribution in [0, 0.1) is 5.92 Å². The zero-order valence-corrected chi connectivity index (χ0v) is 10.5. The molecule has 0 rings (SSSR count). The molecule has 0 aliphatic rings. The van der Waals surface area contributed by atoms with Crippen molar-refractivity contribution in [3.63, 3.8) is 0 Å². The van der Waals surface area contributed by atoms with E-state index in [1.54, 1.807) is 6.92 Å². The average Bonchev–Trinajstić information content (AvgIpc) is 2.12. The molecule has 0 amide bonds. The molecule has 0 saturated heterocycles. The van der Waals surface area contributed by atoms with Crippen LogP contribution in [-0.4, -0.2) is 25.5 Å². The van der Waals surface area contributed by atoms with Crippen molar-refractivity contribution in [2.75, 3.05) is 5.75 Å². The lowest BCUT2D eigenvalue weighted by molar-refractivity contribution is 0.539. The summed E-state index contributed by atoms with van der Waals surface area (Å²) in [5, 5.41) is -0.411. The second-order valence-corrected chi connectivity index (χ2v) is 6.80. The Bertz CT molecular complexity index is 247. The third-order valence-electron chi connectivity index (χ3n) is 2.62. The molecule has 0 aromatic heterocycles. The largest absolute Gasteiger partial charge is 0.327 e. The van der Waals surface area contributed by atoms with Crippen LogP contribution in [0.2, 0.25) is 0 Å². The molecular weight excluding hydrogens is 198 g/mol. The first-order chi connectivity index (χ1) is 6.31. The van der Waals surface area contributed by atoms with Crippen molar-refractivity contribution in [3.05, 3.63) is 0 Å². The molecular formula is C10H23NO2S. The summed E-state index contributed by atoms with van der Waals surface area (Å²) in [7, 11) is -2.99. The van der Waals surface area contributed by atoms with E-state index >= 15 is 0 Å². The highest BCUT2D eigenvalue weighted by molar-refractivity contribution is 7.92. The average molecular weight is 221 g/mol. The molecule has 0 heterocycles. The quantitative estimate of drug-likeness (QED) is 0.740. The number of nitrogens with two attached hydrogens (primary N) is 1. The van der Waals surface area contributed by atoms with Crippen molar-refractivity contribution in [2.45, 2.75) is 51.8 Å². The van der Waals surface area contributed by atoms with Crippen LogP contribution in [0.5, 0.6) is 0 Å². The van der Waals surface area contributed by atoms with Crippen LogP contribution in [0.25, 0.3) is 0 Å². The van der Waals surface area contributed by atoms with E-state index in [1.165, 1.54) is 0 Å². The summed E-state index contributed by atoms with van der Waals surface area (Å²) < 4.78 is 23.5. The van der Waals surface area contributed by atoms with Gasteiger partial charge in [-0.15, -0.1) is 0 Å². The molecule has 14 heavy (non-hydrogen) atoms. The molecule has 0 fully saturated rings. The zero-order valence-electron chi connectivity index (χ0n) is 9.66. The molecule has 0 aliphatic heterocycles. The Balaban J connectivity index is 4.32. The van der Waals surface area contributed by atoms with Gasteiger partial charge < -0.3 is 5.73 Å². The molecule has 0 bridgehead atoms. The van der Waals surface area contributed by atoms with Crippen LogP contribution in [0.4, 0.5) is 0 Å². The predicted octanol–water partition coefficient (Wildman–Crippen LogP) is 1.57. The highest BCUT2D eigenvalue weighted by atomic mass is 32.2. The van der Waals surface area contributed by atoms with Crippen molar-refractivity contribution in [1.82, 2.24) is 0 Å². The minimum Gasteiger partial charge on any atom is -0.327 e. The summed E-state index contributed by atoms with van der Waals surface area (Å²) in [6, 6.07) is -0.229. The third-order valence-corrected chi connectivity index (χ3v) is 4.91. The molecule has 4 heteroatoms. The van der Waals surface area contributed by atoms with Crippen molar-refractivity contribution < 1.29 is 8.42 Å². The molecule has 0 aliphatic carbocycles. The molecule has 0 saturated carbocycles. The second kappa shape index (κ2) is 5.71. The molecule has 0 aromatic carbocycles. The Labute approximate surface area is 88.0 Å². The van der Waals surface area contributed by atoms with Gasteiger partial charge in [0.25, 0.3) is 0 Å². The summed E-state index contributed by atoms with van der Waals surface area (Å²) in [5.41, 5.74) is 5.73. The van der Waals surface area contributed by atoms with Crippen molar-refractivity contribution >= 4 is 9.84 Å². The van der Waals surface area contributed by atoms with Gasteiger partial charge in [0, 0.05) is 6.04 Å². The van der Waals surface area contributed by atoms with Gasteiger partial charge in [-0.25, -0.2) is 8.42 Å². The molecule has 3 nitrogen and oxygen atoms in total. The number of sulfone groups is 1. The van der Waals surface area contributed by atoms with Gasteiger partial charge in [-0.05, 0) is 25.7 Å². The number of hydrogen-bond donors (Lipinski definition) is 1. The van der Waals surface area contributed by atoms with Crippen LogP contribution in [0.3, 0.4) is 0 Å². The van der Waals surface area contributed by atoms with E-state index in [4.69, 9.17) is 5.73 Å². The van der Waals surface area contributed by atoms with Crippen LogP contribution >= 0.6 is 0 Å². The molecule has 2 unspecified atom stereocenters. The minimum absolute atomic E-state index is 0.229. The van der Waals surface area contributed by atoms with E-state index in [1.807, 2.05) is 20.8 Å². The fourth-order valence-corrected chi connectivity index (χ4v) is 3.08. The monoisotopic (exact) mass is 221 g/mol. The molecule has 2 N–H and O–H groups in total. The second-order valence-electron chi connectivity index (χ2n) is 4.33. The van der Waals surface area contributed by atoms with E-state index in [9.17, 15) is 8.42 Å². The van der Waals surface area contributed by atoms with E-state index in [-0.39, 0.29) is 11.8 Å². The first kappa shape index (κ1) is 13.9. The normalized spacial score (nSPS) is 17.0. The van der Waals surface area contributed by atoms with Gasteiger partial charge in [-0.3, -0.25) is 0 Å². The Morgan fingerprint density at radius 2 is 1.71 bits per heavy atom. The Kier molecular flexibility index (Phi) is 5.67. The standard InChI is InChI=1S/C10H23NO2S/c1-5-10(11)9(4)14(12,13)7-6-8(2)3/h8-10H,5-7,11H2,1-4H3. The summed E-state index contributed by atoms with van der Waals surface area (Å²) in [6.07, 6.45) is 1.44. The lowest BCUT2D eigenvalue weighted by Crippen LogP contribution is -2.39. The van der Waals surface area contributed by atoms with Gasteiger partial charge in [-0.1, -0.05) is 20.8 Å². The highest BCUT2D eigenvalue weighted by Gasteiger charge is 2.25. The Hall–Kier alpha value is -0.0900. The van der Waals surface area contributed by atoms with Gasteiger partial charge in [0.1, 0.15) is 0 Å². The summed E-state index contributed by atoms with van der Waals surface area (Å²) >= 11 is 0.